The van der Waals surface area contributed by atoms with E-state index in [1.165, 1.54) is 0 Å². The first kappa shape index (κ1) is 14.3. The summed E-state index contributed by atoms with van der Waals surface area (Å²) in [4.78, 5) is 12.0. The molecule has 0 radical (unpaired) electrons. The lowest BCUT2D eigenvalue weighted by atomic mass is 10.2. The molecule has 112 valence electrons. The van der Waals surface area contributed by atoms with Crippen molar-refractivity contribution in [3.05, 3.63) is 65.1 Å². The second-order valence-electron chi connectivity index (χ2n) is 4.85. The summed E-state index contributed by atoms with van der Waals surface area (Å²) in [6, 6.07) is 11.0. The molecule has 0 atom stereocenters. The summed E-state index contributed by atoms with van der Waals surface area (Å²) in [5.41, 5.74) is 1.44. The molecule has 0 aliphatic rings. The van der Waals surface area contributed by atoms with Gasteiger partial charge < -0.3 is 5.32 Å². The number of halogens is 1. The molecule has 1 N–H and O–H groups in total. The standard InChI is InChI=1S/C15H14ClN5O/c1-20-8-6-13(18-20)15(22)17-14-7-9-21(19-14)10-11-2-4-12(16)5-3-11/h2-9H,10H2,1H3,(H,17,19,22). The average Bonchev–Trinajstić information content (AvgIpc) is 3.11. The number of hydrogen-bond donors (Lipinski definition) is 1. The molecule has 1 aromatic carbocycles. The van der Waals surface area contributed by atoms with E-state index in [4.69, 9.17) is 11.6 Å². The Morgan fingerprint density at radius 2 is 1.91 bits per heavy atom. The summed E-state index contributed by atoms with van der Waals surface area (Å²) in [5.74, 6) is 0.210. The minimum atomic E-state index is -0.280. The molecule has 7 heteroatoms. The van der Waals surface area contributed by atoms with Crippen LogP contribution in [0, 0.1) is 0 Å². The SMILES string of the molecule is Cn1ccc(C(=O)Nc2ccn(Cc3ccc(Cl)cc3)n2)n1. The summed E-state index contributed by atoms with van der Waals surface area (Å²) in [7, 11) is 1.76. The van der Waals surface area contributed by atoms with Gasteiger partial charge in [0.05, 0.1) is 6.54 Å². The first-order valence-corrected chi connectivity index (χ1v) is 7.07. The summed E-state index contributed by atoms with van der Waals surface area (Å²) in [6.45, 7) is 0.608. The molecule has 2 heterocycles. The molecule has 3 aromatic rings. The van der Waals surface area contributed by atoms with Crippen molar-refractivity contribution < 1.29 is 4.79 Å². The molecule has 22 heavy (non-hydrogen) atoms. The van der Waals surface area contributed by atoms with E-state index in [0.717, 1.165) is 5.56 Å². The van der Waals surface area contributed by atoms with E-state index >= 15 is 0 Å². The normalized spacial score (nSPS) is 10.6. The Morgan fingerprint density at radius 3 is 2.59 bits per heavy atom. The predicted octanol–water partition coefficient (Wildman–Crippen LogP) is 2.57. The first-order chi connectivity index (χ1) is 10.6. The molecule has 0 bridgehead atoms. The first-order valence-electron chi connectivity index (χ1n) is 6.69. The summed E-state index contributed by atoms with van der Waals surface area (Å²) >= 11 is 5.86. The number of aromatic nitrogens is 4. The molecule has 1 amide bonds. The van der Waals surface area contributed by atoms with E-state index in [-0.39, 0.29) is 5.91 Å². The van der Waals surface area contributed by atoms with E-state index in [1.807, 2.05) is 30.5 Å². The zero-order valence-electron chi connectivity index (χ0n) is 11.9. The predicted molar refractivity (Wildman–Crippen MR) is 83.9 cm³/mol. The Kier molecular flexibility index (Phi) is 3.93. The molecule has 6 nitrogen and oxygen atoms in total. The van der Waals surface area contributed by atoms with E-state index in [0.29, 0.717) is 23.1 Å². The van der Waals surface area contributed by atoms with Crippen LogP contribution in [0.15, 0.2) is 48.8 Å². The number of aryl methyl sites for hydroxylation is 1. The molecule has 0 aliphatic carbocycles. The molecular formula is C15H14ClN5O. The zero-order valence-corrected chi connectivity index (χ0v) is 12.7. The van der Waals surface area contributed by atoms with Gasteiger partial charge in [0, 0.05) is 30.5 Å². The van der Waals surface area contributed by atoms with Crippen LogP contribution in [0.4, 0.5) is 5.82 Å². The van der Waals surface area contributed by atoms with Gasteiger partial charge in [0.15, 0.2) is 11.5 Å². The smallest absolute Gasteiger partial charge is 0.277 e. The molecule has 2 aromatic heterocycles. The Morgan fingerprint density at radius 1 is 1.14 bits per heavy atom. The minimum Gasteiger partial charge on any atom is -0.304 e. The van der Waals surface area contributed by atoms with Crippen molar-refractivity contribution in [2.75, 3.05) is 5.32 Å². The quantitative estimate of drug-likeness (QED) is 0.804. The number of benzene rings is 1. The van der Waals surface area contributed by atoms with Crippen molar-refractivity contribution in [3.8, 4) is 0 Å². The van der Waals surface area contributed by atoms with Gasteiger partial charge in [-0.15, -0.1) is 0 Å². The monoisotopic (exact) mass is 315 g/mol. The van der Waals surface area contributed by atoms with Crippen molar-refractivity contribution in [2.45, 2.75) is 6.54 Å². The fourth-order valence-corrected chi connectivity index (χ4v) is 2.14. The van der Waals surface area contributed by atoms with E-state index in [1.54, 1.807) is 34.7 Å². The van der Waals surface area contributed by atoms with Crippen molar-refractivity contribution >= 4 is 23.3 Å². The highest BCUT2D eigenvalue weighted by atomic mass is 35.5. The van der Waals surface area contributed by atoms with Crippen LogP contribution >= 0.6 is 11.6 Å². The van der Waals surface area contributed by atoms with Gasteiger partial charge in [0.25, 0.3) is 5.91 Å². The van der Waals surface area contributed by atoms with E-state index in [9.17, 15) is 4.79 Å². The highest BCUT2D eigenvalue weighted by Crippen LogP contribution is 2.12. The number of amides is 1. The Hall–Kier alpha value is -2.60. The molecule has 0 aliphatic heterocycles. The molecule has 0 saturated heterocycles. The Bertz CT molecular complexity index is 790. The highest BCUT2D eigenvalue weighted by Gasteiger charge is 2.10. The number of rotatable bonds is 4. The van der Waals surface area contributed by atoms with Gasteiger partial charge in [0.1, 0.15) is 0 Å². The summed E-state index contributed by atoms with van der Waals surface area (Å²) in [5, 5.41) is 11.8. The second-order valence-corrected chi connectivity index (χ2v) is 5.29. The number of carbonyl (C=O) groups excluding carboxylic acids is 1. The van der Waals surface area contributed by atoms with Crippen molar-refractivity contribution in [1.82, 2.24) is 19.6 Å². The number of nitrogens with zero attached hydrogens (tertiary/aromatic N) is 4. The fraction of sp³-hybridized carbons (Fsp3) is 0.133. The van der Waals surface area contributed by atoms with Gasteiger partial charge in [-0.1, -0.05) is 23.7 Å². The van der Waals surface area contributed by atoms with Gasteiger partial charge in [-0.2, -0.15) is 10.2 Å². The van der Waals surface area contributed by atoms with Crippen molar-refractivity contribution in [2.24, 2.45) is 7.05 Å². The van der Waals surface area contributed by atoms with Crippen molar-refractivity contribution in [1.29, 1.82) is 0 Å². The second kappa shape index (κ2) is 6.03. The van der Waals surface area contributed by atoms with Gasteiger partial charge in [-0.25, -0.2) is 0 Å². The van der Waals surface area contributed by atoms with Crippen LogP contribution < -0.4 is 5.32 Å². The molecule has 0 saturated carbocycles. The number of hydrogen-bond acceptors (Lipinski definition) is 3. The maximum atomic E-state index is 12.0. The Balaban J connectivity index is 1.66. The van der Waals surface area contributed by atoms with E-state index in [2.05, 4.69) is 15.5 Å². The number of anilines is 1. The van der Waals surface area contributed by atoms with Crippen LogP contribution in [0.5, 0.6) is 0 Å². The van der Waals surface area contributed by atoms with Gasteiger partial charge in [-0.05, 0) is 23.8 Å². The lowest BCUT2D eigenvalue weighted by Gasteiger charge is -2.02. The third-order valence-corrected chi connectivity index (χ3v) is 3.34. The third kappa shape index (κ3) is 3.35. The molecular weight excluding hydrogens is 302 g/mol. The molecule has 3 rings (SSSR count). The van der Waals surface area contributed by atoms with Crippen LogP contribution in [0.3, 0.4) is 0 Å². The van der Waals surface area contributed by atoms with E-state index < -0.39 is 0 Å². The van der Waals surface area contributed by atoms with Gasteiger partial charge in [-0.3, -0.25) is 14.2 Å². The lowest BCUT2D eigenvalue weighted by Crippen LogP contribution is -2.14. The topological polar surface area (TPSA) is 64.7 Å². The zero-order chi connectivity index (χ0) is 15.5. The highest BCUT2D eigenvalue weighted by molar-refractivity contribution is 6.30. The van der Waals surface area contributed by atoms with Crippen LogP contribution in [0.25, 0.3) is 0 Å². The maximum Gasteiger partial charge on any atom is 0.277 e. The molecule has 0 spiro atoms. The summed E-state index contributed by atoms with van der Waals surface area (Å²) in [6.07, 6.45) is 3.52. The largest absolute Gasteiger partial charge is 0.304 e. The average molecular weight is 316 g/mol. The minimum absolute atomic E-state index is 0.280. The lowest BCUT2D eigenvalue weighted by molar-refractivity contribution is 0.102. The summed E-state index contributed by atoms with van der Waals surface area (Å²) < 4.78 is 3.32. The van der Waals surface area contributed by atoms with Gasteiger partial charge in [0.2, 0.25) is 0 Å². The maximum absolute atomic E-state index is 12.0. The van der Waals surface area contributed by atoms with Crippen LogP contribution in [0.2, 0.25) is 5.02 Å². The van der Waals surface area contributed by atoms with Crippen LogP contribution in [-0.4, -0.2) is 25.5 Å². The van der Waals surface area contributed by atoms with Crippen LogP contribution in [-0.2, 0) is 13.6 Å². The molecule has 0 unspecified atom stereocenters. The number of nitrogens with one attached hydrogen (secondary N) is 1. The number of carbonyl (C=O) groups is 1. The molecule has 0 fully saturated rings. The van der Waals surface area contributed by atoms with Crippen molar-refractivity contribution in [3.63, 3.8) is 0 Å². The third-order valence-electron chi connectivity index (χ3n) is 3.09. The van der Waals surface area contributed by atoms with Gasteiger partial charge >= 0.3 is 0 Å². The fourth-order valence-electron chi connectivity index (χ4n) is 2.01. The van der Waals surface area contributed by atoms with Crippen LogP contribution in [0.1, 0.15) is 16.1 Å². The Labute approximate surface area is 132 Å².